The number of ether oxygens (including phenoxy) is 1. The van der Waals surface area contributed by atoms with Gasteiger partial charge in [0.2, 0.25) is 0 Å². The predicted octanol–water partition coefficient (Wildman–Crippen LogP) is 4.51. The van der Waals surface area contributed by atoms with E-state index in [0.717, 1.165) is 0 Å². The summed E-state index contributed by atoms with van der Waals surface area (Å²) in [5.74, 6) is 0. The molecule has 0 rings (SSSR count). The van der Waals surface area contributed by atoms with Gasteiger partial charge in [0, 0.05) is 0 Å². The molecule has 0 aromatic carbocycles. The summed E-state index contributed by atoms with van der Waals surface area (Å²) in [6.45, 7) is 4.54. The Balaban J connectivity index is 0. The number of hydrogen-bond donors (Lipinski definition) is 2. The summed E-state index contributed by atoms with van der Waals surface area (Å²) in [4.78, 5) is 18.4. The van der Waals surface area contributed by atoms with Gasteiger partial charge in [-0.05, 0) is 0 Å². The fourth-order valence-corrected chi connectivity index (χ4v) is 1.28. The molecular weight excluding hydrogens is 224 g/mol. The quantitative estimate of drug-likeness (QED) is 0.393. The molecule has 17 heavy (non-hydrogen) atoms. The molecule has 0 saturated carbocycles. The van der Waals surface area contributed by atoms with Gasteiger partial charge in [-0.1, -0.05) is 65.2 Å². The molecule has 0 aliphatic rings. The van der Waals surface area contributed by atoms with E-state index in [2.05, 4.69) is 18.6 Å². The molecule has 2 N–H and O–H groups in total. The standard InChI is InChI=1S/C10H22.C2H2O5/c1-3-5-7-9-10-8-6-4-2;3-1(4)7-2(5)6/h3-10H2,1-2H3;(H,3,4)(H,5,6). The van der Waals surface area contributed by atoms with E-state index in [4.69, 9.17) is 10.2 Å². The van der Waals surface area contributed by atoms with E-state index in [1.165, 1.54) is 51.4 Å². The fraction of sp³-hybridized carbons (Fsp3) is 0.833. The maximum absolute atomic E-state index is 9.21. The molecule has 0 atom stereocenters. The Morgan fingerprint density at radius 1 is 0.765 bits per heavy atom. The van der Waals surface area contributed by atoms with Gasteiger partial charge in [-0.3, -0.25) is 0 Å². The lowest BCUT2D eigenvalue weighted by atomic mass is 10.1. The first kappa shape index (κ1) is 18.1. The van der Waals surface area contributed by atoms with Crippen molar-refractivity contribution >= 4 is 12.3 Å². The van der Waals surface area contributed by atoms with Crippen LogP contribution in [0, 0.1) is 0 Å². The molecule has 0 aliphatic carbocycles. The van der Waals surface area contributed by atoms with Gasteiger partial charge < -0.3 is 14.9 Å². The minimum Gasteiger partial charge on any atom is -0.449 e. The summed E-state index contributed by atoms with van der Waals surface area (Å²) in [7, 11) is 0. The molecule has 0 bridgehead atoms. The molecule has 0 aromatic rings. The zero-order valence-corrected chi connectivity index (χ0v) is 10.8. The van der Waals surface area contributed by atoms with Crippen molar-refractivity contribution in [2.45, 2.75) is 65.2 Å². The van der Waals surface area contributed by atoms with Crippen molar-refractivity contribution < 1.29 is 24.5 Å². The lowest BCUT2D eigenvalue weighted by Crippen LogP contribution is -2.05. The van der Waals surface area contributed by atoms with Crippen molar-refractivity contribution in [3.05, 3.63) is 0 Å². The van der Waals surface area contributed by atoms with Crippen LogP contribution >= 0.6 is 0 Å². The van der Waals surface area contributed by atoms with Crippen LogP contribution in [-0.2, 0) is 4.74 Å². The molecule has 0 fully saturated rings. The molecule has 0 aliphatic heterocycles. The van der Waals surface area contributed by atoms with E-state index in [0.29, 0.717) is 0 Å². The first-order valence-corrected chi connectivity index (χ1v) is 6.18. The van der Waals surface area contributed by atoms with Crippen molar-refractivity contribution in [2.24, 2.45) is 0 Å². The molecule has 0 unspecified atom stereocenters. The Morgan fingerprint density at radius 3 is 1.24 bits per heavy atom. The Kier molecular flexibility index (Phi) is 15.7. The summed E-state index contributed by atoms with van der Waals surface area (Å²) < 4.78 is 3.08. The Labute approximate surface area is 103 Å². The molecule has 0 spiro atoms. The zero-order valence-electron chi connectivity index (χ0n) is 10.8. The molecule has 5 heteroatoms. The highest BCUT2D eigenvalue weighted by Crippen LogP contribution is 2.07. The Bertz CT molecular complexity index is 171. The number of rotatable bonds is 7. The van der Waals surface area contributed by atoms with E-state index >= 15 is 0 Å². The van der Waals surface area contributed by atoms with E-state index in [1.54, 1.807) is 0 Å². The lowest BCUT2D eigenvalue weighted by molar-refractivity contribution is 0.0802. The highest BCUT2D eigenvalue weighted by atomic mass is 16.7. The lowest BCUT2D eigenvalue weighted by Gasteiger charge is -1.97. The van der Waals surface area contributed by atoms with Crippen LogP contribution in [0.3, 0.4) is 0 Å². The van der Waals surface area contributed by atoms with Gasteiger partial charge >= 0.3 is 12.3 Å². The van der Waals surface area contributed by atoms with Crippen LogP contribution in [0.4, 0.5) is 9.59 Å². The second-order valence-corrected chi connectivity index (χ2v) is 3.76. The minimum atomic E-state index is -1.81. The molecule has 102 valence electrons. The third-order valence-electron chi connectivity index (χ3n) is 2.13. The fourth-order valence-electron chi connectivity index (χ4n) is 1.28. The summed E-state index contributed by atoms with van der Waals surface area (Å²) in [6.07, 6.45) is 7.84. The SMILES string of the molecule is CCCCCCCCCC.O=C(O)OC(=O)O. The van der Waals surface area contributed by atoms with Gasteiger partial charge in [-0.15, -0.1) is 0 Å². The highest BCUT2D eigenvalue weighted by Gasteiger charge is 2.01. The second-order valence-electron chi connectivity index (χ2n) is 3.76. The van der Waals surface area contributed by atoms with E-state index < -0.39 is 12.3 Å². The largest absolute Gasteiger partial charge is 0.516 e. The van der Waals surface area contributed by atoms with Gasteiger partial charge in [0.25, 0.3) is 0 Å². The van der Waals surface area contributed by atoms with Gasteiger partial charge in [0.15, 0.2) is 0 Å². The molecular formula is C12H24O5. The van der Waals surface area contributed by atoms with Crippen molar-refractivity contribution in [2.75, 3.05) is 0 Å². The monoisotopic (exact) mass is 248 g/mol. The smallest absolute Gasteiger partial charge is 0.449 e. The summed E-state index contributed by atoms with van der Waals surface area (Å²) in [5, 5.41) is 15.0. The van der Waals surface area contributed by atoms with Gasteiger partial charge in [0.05, 0.1) is 0 Å². The number of carbonyl (C=O) groups is 2. The highest BCUT2D eigenvalue weighted by molar-refractivity contribution is 5.74. The van der Waals surface area contributed by atoms with E-state index in [1.807, 2.05) is 0 Å². The molecule has 0 aromatic heterocycles. The van der Waals surface area contributed by atoms with Crippen molar-refractivity contribution in [1.82, 2.24) is 0 Å². The third-order valence-corrected chi connectivity index (χ3v) is 2.13. The number of carboxylic acid groups (broad SMARTS) is 2. The summed E-state index contributed by atoms with van der Waals surface area (Å²) >= 11 is 0. The predicted molar refractivity (Wildman–Crippen MR) is 65.4 cm³/mol. The maximum Gasteiger partial charge on any atom is 0.516 e. The van der Waals surface area contributed by atoms with E-state index in [-0.39, 0.29) is 0 Å². The maximum atomic E-state index is 9.21. The minimum absolute atomic E-state index is 1.37. The van der Waals surface area contributed by atoms with Crippen molar-refractivity contribution in [1.29, 1.82) is 0 Å². The second kappa shape index (κ2) is 14.7. The van der Waals surface area contributed by atoms with Crippen LogP contribution in [-0.4, -0.2) is 22.5 Å². The number of hydrogen-bond acceptors (Lipinski definition) is 3. The molecule has 0 heterocycles. The first-order chi connectivity index (χ1) is 8.04. The van der Waals surface area contributed by atoms with Crippen LogP contribution in [0.2, 0.25) is 0 Å². The molecule has 5 nitrogen and oxygen atoms in total. The summed E-state index contributed by atoms with van der Waals surface area (Å²) in [6, 6.07) is 0. The van der Waals surface area contributed by atoms with Gasteiger partial charge in [-0.2, -0.15) is 0 Å². The third kappa shape index (κ3) is 25.2. The summed E-state index contributed by atoms with van der Waals surface area (Å²) in [5.41, 5.74) is 0. The van der Waals surface area contributed by atoms with Gasteiger partial charge in [-0.25, -0.2) is 9.59 Å². The Morgan fingerprint density at radius 2 is 1.06 bits per heavy atom. The van der Waals surface area contributed by atoms with E-state index in [9.17, 15) is 9.59 Å². The first-order valence-electron chi connectivity index (χ1n) is 6.18. The van der Waals surface area contributed by atoms with Crippen LogP contribution in [0.15, 0.2) is 0 Å². The van der Waals surface area contributed by atoms with Crippen molar-refractivity contribution in [3.63, 3.8) is 0 Å². The normalized spacial score (nSPS) is 9.06. The molecule has 0 saturated heterocycles. The van der Waals surface area contributed by atoms with Crippen LogP contribution in [0.1, 0.15) is 65.2 Å². The topological polar surface area (TPSA) is 83.8 Å². The number of unbranched alkanes of at least 4 members (excludes halogenated alkanes) is 7. The van der Waals surface area contributed by atoms with Crippen LogP contribution in [0.5, 0.6) is 0 Å². The molecule has 0 radical (unpaired) electrons. The van der Waals surface area contributed by atoms with Gasteiger partial charge in [0.1, 0.15) is 0 Å². The average molecular weight is 248 g/mol. The van der Waals surface area contributed by atoms with Crippen LogP contribution in [0.25, 0.3) is 0 Å². The van der Waals surface area contributed by atoms with Crippen LogP contribution < -0.4 is 0 Å². The Hall–Kier alpha value is -1.26. The average Bonchev–Trinajstić information content (AvgIpc) is 2.22. The zero-order chi connectivity index (χ0) is 13.5. The van der Waals surface area contributed by atoms with Crippen molar-refractivity contribution in [3.8, 4) is 0 Å². The molecule has 0 amide bonds.